The van der Waals surface area contributed by atoms with Crippen molar-refractivity contribution in [3.05, 3.63) is 23.0 Å². The lowest BCUT2D eigenvalue weighted by molar-refractivity contribution is -0.187. The zero-order valence-corrected chi connectivity index (χ0v) is 16.0. The fourth-order valence-corrected chi connectivity index (χ4v) is 3.94. The summed E-state index contributed by atoms with van der Waals surface area (Å²) >= 11 is 10.6. The first-order valence-corrected chi connectivity index (χ1v) is 9.12. The lowest BCUT2D eigenvalue weighted by atomic mass is 9.76. The summed E-state index contributed by atoms with van der Waals surface area (Å²) in [5, 5.41) is -2.07. The fraction of sp³-hybridized carbons (Fsp3) is 0.588. The van der Waals surface area contributed by atoms with E-state index in [0.29, 0.717) is 30.5 Å². The molecule has 10 heteroatoms. The summed E-state index contributed by atoms with van der Waals surface area (Å²) < 4.78 is 46.7. The maximum absolute atomic E-state index is 13.5. The molecule has 2 rings (SSSR count). The molecule has 0 N–H and O–H groups in total. The van der Waals surface area contributed by atoms with Crippen molar-refractivity contribution >= 4 is 39.7 Å². The first kappa shape index (κ1) is 21.8. The molecule has 2 unspecified atom stereocenters. The summed E-state index contributed by atoms with van der Waals surface area (Å²) in [6.07, 6.45) is -1.55. The number of hydrogen-bond donors (Lipinski definition) is 0. The predicted octanol–water partition coefficient (Wildman–Crippen LogP) is 4.32. The van der Waals surface area contributed by atoms with E-state index in [0.717, 1.165) is 0 Å². The number of rotatable bonds is 6. The molecule has 1 aliphatic rings. The lowest BCUT2D eigenvalue weighted by Gasteiger charge is -2.34. The van der Waals surface area contributed by atoms with E-state index >= 15 is 0 Å². The molecule has 27 heavy (non-hydrogen) atoms. The van der Waals surface area contributed by atoms with E-state index in [1.54, 1.807) is 6.92 Å². The van der Waals surface area contributed by atoms with E-state index in [2.05, 4.69) is 4.74 Å². The monoisotopic (exact) mass is 427 g/mol. The fourth-order valence-electron chi connectivity index (χ4n) is 3.69. The molecule has 0 spiro atoms. The minimum Gasteiger partial charge on any atom is -0.457 e. The molecule has 0 bridgehead atoms. The van der Waals surface area contributed by atoms with E-state index in [1.165, 1.54) is 10.8 Å². The number of nitrogens with zero attached hydrogens (tertiary/aromatic N) is 1. The van der Waals surface area contributed by atoms with Crippen molar-refractivity contribution in [2.24, 2.45) is 5.92 Å². The number of carbonyl (C=O) groups is 3. The molecule has 0 saturated heterocycles. The first-order valence-electron chi connectivity index (χ1n) is 8.36. The second kappa shape index (κ2) is 8.65. The van der Waals surface area contributed by atoms with Crippen molar-refractivity contribution in [1.29, 1.82) is 0 Å². The van der Waals surface area contributed by atoms with Crippen molar-refractivity contribution in [2.45, 2.75) is 51.2 Å². The molecule has 150 valence electrons. The van der Waals surface area contributed by atoms with Crippen molar-refractivity contribution < 1.29 is 32.3 Å². The molecular weight excluding hydrogens is 410 g/mol. The van der Waals surface area contributed by atoms with Crippen LogP contribution in [0, 0.1) is 12.8 Å². The third kappa shape index (κ3) is 5.04. The largest absolute Gasteiger partial charge is 0.457 e. The maximum Gasteiger partial charge on any atom is 0.392 e. The van der Waals surface area contributed by atoms with Crippen molar-refractivity contribution in [3.63, 3.8) is 0 Å². The minimum absolute atomic E-state index is 0.0126. The third-order valence-electron chi connectivity index (χ3n) is 4.86. The Bertz CT molecular complexity index is 745. The van der Waals surface area contributed by atoms with E-state index in [-0.39, 0.29) is 25.1 Å². The number of esters is 1. The summed E-state index contributed by atoms with van der Waals surface area (Å²) in [4.78, 5) is 33.5. The zero-order valence-electron chi connectivity index (χ0n) is 14.4. The van der Waals surface area contributed by atoms with Crippen LogP contribution in [0.5, 0.6) is 0 Å². The van der Waals surface area contributed by atoms with E-state index in [1.807, 2.05) is 0 Å². The molecule has 2 atom stereocenters. The quantitative estimate of drug-likeness (QED) is 0.385. The second-order valence-corrected chi connectivity index (χ2v) is 7.16. The molecule has 5 nitrogen and oxygen atoms in total. The van der Waals surface area contributed by atoms with Crippen molar-refractivity contribution in [2.75, 3.05) is 6.61 Å². The topological polar surface area (TPSA) is 65.4 Å². The summed E-state index contributed by atoms with van der Waals surface area (Å²) in [5.74, 6) is -3.60. The van der Waals surface area contributed by atoms with Gasteiger partial charge < -0.3 is 9.30 Å². The minimum atomic E-state index is -4.37. The molecule has 1 aromatic rings. The number of halogens is 5. The highest BCUT2D eigenvalue weighted by Gasteiger charge is 2.47. The van der Waals surface area contributed by atoms with E-state index in [4.69, 9.17) is 23.2 Å². The van der Waals surface area contributed by atoms with Gasteiger partial charge in [0.05, 0.1) is 18.0 Å². The van der Waals surface area contributed by atoms with Crippen LogP contribution in [0.25, 0.3) is 0 Å². The molecular formula is C17H18Cl2F3NO4. The van der Waals surface area contributed by atoms with Gasteiger partial charge in [-0.25, -0.2) is 4.79 Å². The average Bonchev–Trinajstić information content (AvgIpc) is 2.90. The normalized spacial score (nSPS) is 20.4. The van der Waals surface area contributed by atoms with Crippen LogP contribution in [0.4, 0.5) is 13.2 Å². The molecule has 0 aliphatic heterocycles. The van der Waals surface area contributed by atoms with Gasteiger partial charge in [-0.15, -0.1) is 0 Å². The Kier molecular flexibility index (Phi) is 6.97. The van der Waals surface area contributed by atoms with Gasteiger partial charge >= 0.3 is 17.4 Å². The van der Waals surface area contributed by atoms with Gasteiger partial charge in [-0.2, -0.15) is 13.2 Å². The zero-order chi connectivity index (χ0) is 20.4. The number of carbonyl (C=O) groups excluding carboxylic acids is 3. The summed E-state index contributed by atoms with van der Waals surface area (Å²) in [7, 11) is 0. The maximum atomic E-state index is 13.5. The van der Waals surface area contributed by atoms with Gasteiger partial charge in [0.15, 0.2) is 0 Å². The highest BCUT2D eigenvalue weighted by molar-refractivity contribution is 6.80. The van der Waals surface area contributed by atoms with Crippen LogP contribution >= 0.6 is 23.2 Å². The van der Waals surface area contributed by atoms with Gasteiger partial charge in [-0.3, -0.25) is 9.59 Å². The van der Waals surface area contributed by atoms with Gasteiger partial charge in [0.25, 0.3) is 5.24 Å². The van der Waals surface area contributed by atoms with Gasteiger partial charge in [-0.1, -0.05) is 12.8 Å². The molecule has 1 aromatic heterocycles. The van der Waals surface area contributed by atoms with Crippen LogP contribution in [0.2, 0.25) is 0 Å². The van der Waals surface area contributed by atoms with Crippen molar-refractivity contribution in [3.8, 4) is 0 Å². The Morgan fingerprint density at radius 3 is 2.41 bits per heavy atom. The number of alkyl halides is 3. The molecule has 1 fully saturated rings. The Balaban J connectivity index is 2.36. The first-order chi connectivity index (χ1) is 12.5. The standard InChI is InChI=1S/C17H18Cl2F3NO4/c1-9-11(14(18)24)8-23(6-7-27-16(26)15(19)25)13(9)10-4-2-3-5-12(10)17(20,21)22/h8,10,12H,2-7H2,1H3. The summed E-state index contributed by atoms with van der Waals surface area (Å²) in [5.41, 5.74) is 0.850. The van der Waals surface area contributed by atoms with Crippen molar-refractivity contribution in [1.82, 2.24) is 4.57 Å². The van der Waals surface area contributed by atoms with E-state index in [9.17, 15) is 27.6 Å². The van der Waals surface area contributed by atoms with Crippen LogP contribution in [-0.2, 0) is 20.9 Å². The Hall–Kier alpha value is -1.54. The highest BCUT2D eigenvalue weighted by atomic mass is 35.5. The van der Waals surface area contributed by atoms with Gasteiger partial charge in [0.1, 0.15) is 6.61 Å². The molecule has 1 saturated carbocycles. The van der Waals surface area contributed by atoms with Gasteiger partial charge in [-0.05, 0) is 48.5 Å². The van der Waals surface area contributed by atoms with E-state index < -0.39 is 34.5 Å². The highest BCUT2D eigenvalue weighted by Crippen LogP contribution is 2.47. The Labute approximate surface area is 163 Å². The lowest BCUT2D eigenvalue weighted by Crippen LogP contribution is -2.33. The smallest absolute Gasteiger partial charge is 0.392 e. The Morgan fingerprint density at radius 2 is 1.85 bits per heavy atom. The summed E-state index contributed by atoms with van der Waals surface area (Å²) in [6, 6.07) is 0. The second-order valence-electron chi connectivity index (χ2n) is 6.47. The van der Waals surface area contributed by atoms with Gasteiger partial charge in [0, 0.05) is 17.8 Å². The number of aromatic nitrogens is 1. The van der Waals surface area contributed by atoms with Crippen LogP contribution in [-0.4, -0.2) is 33.8 Å². The molecule has 0 amide bonds. The van der Waals surface area contributed by atoms with Crippen LogP contribution in [0.15, 0.2) is 6.20 Å². The number of hydrogen-bond acceptors (Lipinski definition) is 4. The van der Waals surface area contributed by atoms with Crippen LogP contribution in [0.1, 0.15) is 53.2 Å². The number of ether oxygens (including phenoxy) is 1. The van der Waals surface area contributed by atoms with Crippen LogP contribution < -0.4 is 0 Å². The van der Waals surface area contributed by atoms with Crippen LogP contribution in [0.3, 0.4) is 0 Å². The SMILES string of the molecule is Cc1c(C(=O)Cl)cn(CCOC(=O)C(=O)Cl)c1C1CCCCC1C(F)(F)F. The third-order valence-corrected chi connectivity index (χ3v) is 5.22. The average molecular weight is 428 g/mol. The van der Waals surface area contributed by atoms with Gasteiger partial charge in [0.2, 0.25) is 0 Å². The molecule has 1 aliphatic carbocycles. The Morgan fingerprint density at radius 1 is 1.22 bits per heavy atom. The molecule has 0 radical (unpaired) electrons. The predicted molar refractivity (Wildman–Crippen MR) is 91.9 cm³/mol. The molecule has 0 aromatic carbocycles. The summed E-state index contributed by atoms with van der Waals surface area (Å²) in [6.45, 7) is 1.24. The molecule has 1 heterocycles.